The Kier molecular flexibility index (Phi) is 9.15. The van der Waals surface area contributed by atoms with Crippen molar-refractivity contribution in [2.75, 3.05) is 6.54 Å². The van der Waals surface area contributed by atoms with Crippen molar-refractivity contribution in [2.45, 2.75) is 53.4 Å². The van der Waals surface area contributed by atoms with Crippen molar-refractivity contribution in [3.63, 3.8) is 0 Å². The SMILES string of the molecule is CCCC/N=C/C=C(\C)CCC=C(C)C. The van der Waals surface area contributed by atoms with Crippen LogP contribution in [0, 0.1) is 0 Å². The highest BCUT2D eigenvalue weighted by molar-refractivity contribution is 5.71. The second-order valence-electron chi connectivity index (χ2n) is 4.24. The van der Waals surface area contributed by atoms with E-state index in [1.54, 1.807) is 0 Å². The molecule has 0 spiro atoms. The standard InChI is InChI=1S/C14H25N/c1-5-6-11-15-12-10-14(4)9-7-8-13(2)3/h8,10,12H,5-7,9,11H2,1-4H3/b14-10+,15-12+. The molecular weight excluding hydrogens is 182 g/mol. The molecule has 1 heteroatoms. The van der Waals surface area contributed by atoms with E-state index in [1.165, 1.54) is 24.0 Å². The molecular formula is C14H25N. The van der Waals surface area contributed by atoms with Crippen molar-refractivity contribution >= 4 is 6.21 Å². The Bertz CT molecular complexity index is 230. The lowest BCUT2D eigenvalue weighted by atomic mass is 10.1. The first kappa shape index (κ1) is 14.2. The van der Waals surface area contributed by atoms with Gasteiger partial charge in [-0.15, -0.1) is 0 Å². The maximum absolute atomic E-state index is 4.33. The van der Waals surface area contributed by atoms with Crippen molar-refractivity contribution in [1.29, 1.82) is 0 Å². The van der Waals surface area contributed by atoms with Crippen LogP contribution in [0.15, 0.2) is 28.3 Å². The summed E-state index contributed by atoms with van der Waals surface area (Å²) in [6, 6.07) is 0. The van der Waals surface area contributed by atoms with Crippen LogP contribution in [0.3, 0.4) is 0 Å². The Morgan fingerprint density at radius 1 is 1.20 bits per heavy atom. The molecule has 0 aromatic heterocycles. The highest BCUT2D eigenvalue weighted by Gasteiger charge is 1.86. The summed E-state index contributed by atoms with van der Waals surface area (Å²) in [7, 11) is 0. The van der Waals surface area contributed by atoms with Crippen LogP contribution in [-0.2, 0) is 0 Å². The topological polar surface area (TPSA) is 12.4 Å². The number of unbranched alkanes of at least 4 members (excludes halogenated alkanes) is 1. The number of nitrogens with zero attached hydrogens (tertiary/aromatic N) is 1. The van der Waals surface area contributed by atoms with E-state index in [4.69, 9.17) is 0 Å². The fourth-order valence-electron chi connectivity index (χ4n) is 1.18. The number of aliphatic imine (C=N–C) groups is 1. The zero-order valence-electron chi connectivity index (χ0n) is 10.7. The lowest BCUT2D eigenvalue weighted by Crippen LogP contribution is -1.81. The third-order valence-corrected chi connectivity index (χ3v) is 2.20. The van der Waals surface area contributed by atoms with Gasteiger partial charge in [-0.3, -0.25) is 4.99 Å². The smallest absolute Gasteiger partial charge is 0.0389 e. The van der Waals surface area contributed by atoms with E-state index in [1.807, 2.05) is 6.21 Å². The van der Waals surface area contributed by atoms with Gasteiger partial charge in [-0.25, -0.2) is 0 Å². The average molecular weight is 207 g/mol. The van der Waals surface area contributed by atoms with Gasteiger partial charge in [0.2, 0.25) is 0 Å². The van der Waals surface area contributed by atoms with Crippen LogP contribution in [0.1, 0.15) is 53.4 Å². The van der Waals surface area contributed by atoms with Gasteiger partial charge in [-0.05, 0) is 46.1 Å². The molecule has 0 atom stereocenters. The predicted molar refractivity (Wildman–Crippen MR) is 70.7 cm³/mol. The van der Waals surface area contributed by atoms with E-state index in [9.17, 15) is 0 Å². The van der Waals surface area contributed by atoms with E-state index in [2.05, 4.69) is 44.8 Å². The van der Waals surface area contributed by atoms with Gasteiger partial charge < -0.3 is 0 Å². The Balaban J connectivity index is 3.69. The second-order valence-corrected chi connectivity index (χ2v) is 4.24. The van der Waals surface area contributed by atoms with Crippen molar-refractivity contribution in [3.8, 4) is 0 Å². The van der Waals surface area contributed by atoms with E-state index in [0.717, 1.165) is 19.4 Å². The Labute approximate surface area is 95.0 Å². The molecule has 0 saturated heterocycles. The van der Waals surface area contributed by atoms with E-state index in [-0.39, 0.29) is 0 Å². The first-order valence-corrected chi connectivity index (χ1v) is 5.95. The summed E-state index contributed by atoms with van der Waals surface area (Å²) in [6.45, 7) is 9.62. The molecule has 0 rings (SSSR count). The van der Waals surface area contributed by atoms with E-state index in [0.29, 0.717) is 0 Å². The van der Waals surface area contributed by atoms with E-state index >= 15 is 0 Å². The molecule has 0 heterocycles. The molecule has 0 aliphatic carbocycles. The molecule has 0 N–H and O–H groups in total. The third-order valence-electron chi connectivity index (χ3n) is 2.20. The van der Waals surface area contributed by atoms with Crippen molar-refractivity contribution in [2.24, 2.45) is 4.99 Å². The van der Waals surface area contributed by atoms with Gasteiger partial charge in [-0.2, -0.15) is 0 Å². The monoisotopic (exact) mass is 207 g/mol. The first-order chi connectivity index (χ1) is 7.16. The van der Waals surface area contributed by atoms with Crippen molar-refractivity contribution < 1.29 is 0 Å². The van der Waals surface area contributed by atoms with Crippen LogP contribution in [0.5, 0.6) is 0 Å². The Morgan fingerprint density at radius 3 is 2.53 bits per heavy atom. The van der Waals surface area contributed by atoms with Gasteiger partial charge in [0.15, 0.2) is 0 Å². The van der Waals surface area contributed by atoms with Crippen LogP contribution in [0.2, 0.25) is 0 Å². The van der Waals surface area contributed by atoms with Gasteiger partial charge in [0.05, 0.1) is 0 Å². The average Bonchev–Trinajstić information content (AvgIpc) is 2.17. The minimum absolute atomic E-state index is 0.967. The molecule has 0 fully saturated rings. The zero-order valence-corrected chi connectivity index (χ0v) is 10.7. The number of hydrogen-bond acceptors (Lipinski definition) is 1. The predicted octanol–water partition coefficient (Wildman–Crippen LogP) is 4.55. The van der Waals surface area contributed by atoms with Crippen LogP contribution in [-0.4, -0.2) is 12.8 Å². The van der Waals surface area contributed by atoms with Crippen LogP contribution in [0.4, 0.5) is 0 Å². The van der Waals surface area contributed by atoms with Gasteiger partial charge in [0.25, 0.3) is 0 Å². The largest absolute Gasteiger partial charge is 0.293 e. The van der Waals surface area contributed by atoms with Gasteiger partial charge in [-0.1, -0.05) is 30.6 Å². The van der Waals surface area contributed by atoms with Crippen LogP contribution in [0.25, 0.3) is 0 Å². The molecule has 0 aromatic rings. The molecule has 15 heavy (non-hydrogen) atoms. The molecule has 0 amide bonds. The fourth-order valence-corrected chi connectivity index (χ4v) is 1.18. The van der Waals surface area contributed by atoms with Crippen molar-refractivity contribution in [1.82, 2.24) is 0 Å². The van der Waals surface area contributed by atoms with Gasteiger partial charge in [0, 0.05) is 12.8 Å². The highest BCUT2D eigenvalue weighted by atomic mass is 14.7. The Hall–Kier alpha value is -0.850. The van der Waals surface area contributed by atoms with E-state index < -0.39 is 0 Å². The lowest BCUT2D eigenvalue weighted by molar-refractivity contribution is 0.810. The van der Waals surface area contributed by atoms with Gasteiger partial charge >= 0.3 is 0 Å². The fraction of sp³-hybridized carbons (Fsp3) is 0.643. The quantitative estimate of drug-likeness (QED) is 0.330. The molecule has 0 aliphatic rings. The maximum Gasteiger partial charge on any atom is 0.0389 e. The molecule has 86 valence electrons. The number of hydrogen-bond donors (Lipinski definition) is 0. The van der Waals surface area contributed by atoms with Crippen LogP contribution < -0.4 is 0 Å². The Morgan fingerprint density at radius 2 is 1.93 bits per heavy atom. The van der Waals surface area contributed by atoms with Crippen LogP contribution >= 0.6 is 0 Å². The minimum Gasteiger partial charge on any atom is -0.293 e. The second kappa shape index (κ2) is 9.70. The highest BCUT2D eigenvalue weighted by Crippen LogP contribution is 2.05. The van der Waals surface area contributed by atoms with Gasteiger partial charge in [0.1, 0.15) is 0 Å². The first-order valence-electron chi connectivity index (χ1n) is 5.95. The number of allylic oxidation sites excluding steroid dienone is 4. The minimum atomic E-state index is 0.967. The summed E-state index contributed by atoms with van der Waals surface area (Å²) >= 11 is 0. The summed E-state index contributed by atoms with van der Waals surface area (Å²) in [5, 5.41) is 0. The summed E-state index contributed by atoms with van der Waals surface area (Å²) in [6.07, 6.45) is 11.1. The maximum atomic E-state index is 4.33. The summed E-state index contributed by atoms with van der Waals surface area (Å²) in [5.74, 6) is 0. The third kappa shape index (κ3) is 11.1. The molecule has 0 radical (unpaired) electrons. The molecule has 0 aromatic carbocycles. The molecule has 0 aliphatic heterocycles. The normalized spacial score (nSPS) is 12.1. The summed E-state index contributed by atoms with van der Waals surface area (Å²) in [4.78, 5) is 4.33. The molecule has 0 bridgehead atoms. The zero-order chi connectivity index (χ0) is 11.5. The number of rotatable bonds is 7. The molecule has 1 nitrogen and oxygen atoms in total. The summed E-state index contributed by atoms with van der Waals surface area (Å²) < 4.78 is 0. The lowest BCUT2D eigenvalue weighted by Gasteiger charge is -1.96. The molecule has 0 saturated carbocycles. The summed E-state index contributed by atoms with van der Waals surface area (Å²) in [5.41, 5.74) is 2.81. The van der Waals surface area contributed by atoms with Crippen molar-refractivity contribution in [3.05, 3.63) is 23.3 Å². The molecule has 0 unspecified atom stereocenters.